The minimum Gasteiger partial charge on any atom is -0.379 e. The smallest absolute Gasteiger partial charge is 0.247 e. The van der Waals surface area contributed by atoms with E-state index < -0.39 is 6.04 Å². The SMILES string of the molecule is CC(C)CN1CC(=O)N2CCCN(C(=O)CCN3CCOCC3)CC2C1=O. The first-order valence-corrected chi connectivity index (χ1v) is 10.1. The largest absolute Gasteiger partial charge is 0.379 e. The first-order chi connectivity index (χ1) is 13.0. The number of piperazine rings is 1. The lowest BCUT2D eigenvalue weighted by Crippen LogP contribution is -2.62. The predicted molar refractivity (Wildman–Crippen MR) is 100.0 cm³/mol. The molecule has 1 atom stereocenters. The number of morpholine rings is 1. The van der Waals surface area contributed by atoms with Gasteiger partial charge in [-0.1, -0.05) is 13.8 Å². The average molecular weight is 380 g/mol. The zero-order chi connectivity index (χ0) is 19.4. The van der Waals surface area contributed by atoms with Crippen LogP contribution in [0.25, 0.3) is 0 Å². The minimum absolute atomic E-state index is 0.00265. The summed E-state index contributed by atoms with van der Waals surface area (Å²) in [5, 5.41) is 0. The summed E-state index contributed by atoms with van der Waals surface area (Å²) in [5.41, 5.74) is 0. The van der Waals surface area contributed by atoms with Crippen molar-refractivity contribution >= 4 is 17.7 Å². The monoisotopic (exact) mass is 380 g/mol. The standard InChI is InChI=1S/C19H32N4O4/c1-15(2)12-22-14-18(25)23-6-3-5-21(13-16(23)19(22)26)17(24)4-7-20-8-10-27-11-9-20/h15-16H,3-14H2,1-2H3. The van der Waals surface area contributed by atoms with Crippen LogP contribution in [0.15, 0.2) is 0 Å². The van der Waals surface area contributed by atoms with E-state index in [2.05, 4.69) is 4.90 Å². The Bertz CT molecular complexity index is 562. The van der Waals surface area contributed by atoms with Crippen molar-refractivity contribution in [1.29, 1.82) is 0 Å². The van der Waals surface area contributed by atoms with Gasteiger partial charge in [0.15, 0.2) is 0 Å². The Kier molecular flexibility index (Phi) is 6.70. The van der Waals surface area contributed by atoms with Crippen LogP contribution in [0.2, 0.25) is 0 Å². The summed E-state index contributed by atoms with van der Waals surface area (Å²) in [4.78, 5) is 45.6. The Morgan fingerprint density at radius 2 is 1.89 bits per heavy atom. The van der Waals surface area contributed by atoms with Crippen molar-refractivity contribution in [3.05, 3.63) is 0 Å². The number of carbonyl (C=O) groups excluding carboxylic acids is 3. The van der Waals surface area contributed by atoms with E-state index in [0.717, 1.165) is 39.3 Å². The molecule has 8 heteroatoms. The molecule has 0 spiro atoms. The van der Waals surface area contributed by atoms with Crippen molar-refractivity contribution in [2.75, 3.05) is 65.6 Å². The highest BCUT2D eigenvalue weighted by Gasteiger charge is 2.42. The lowest BCUT2D eigenvalue weighted by atomic mass is 10.1. The van der Waals surface area contributed by atoms with Gasteiger partial charge in [-0.3, -0.25) is 19.3 Å². The van der Waals surface area contributed by atoms with E-state index in [1.54, 1.807) is 14.7 Å². The second-order valence-electron chi connectivity index (χ2n) is 8.11. The molecular formula is C19H32N4O4. The number of fused-ring (bicyclic) bond motifs is 1. The fraction of sp³-hybridized carbons (Fsp3) is 0.842. The summed E-state index contributed by atoms with van der Waals surface area (Å²) in [6, 6.07) is -0.528. The molecule has 0 aliphatic carbocycles. The maximum absolute atomic E-state index is 12.9. The highest BCUT2D eigenvalue weighted by molar-refractivity contribution is 5.95. The summed E-state index contributed by atoms with van der Waals surface area (Å²) in [5.74, 6) is 0.369. The van der Waals surface area contributed by atoms with E-state index in [9.17, 15) is 14.4 Å². The fourth-order valence-corrected chi connectivity index (χ4v) is 4.10. The molecule has 3 aliphatic rings. The molecule has 1 unspecified atom stereocenters. The summed E-state index contributed by atoms with van der Waals surface area (Å²) >= 11 is 0. The van der Waals surface area contributed by atoms with E-state index in [1.165, 1.54) is 0 Å². The average Bonchev–Trinajstić information content (AvgIpc) is 2.88. The summed E-state index contributed by atoms with van der Waals surface area (Å²) in [7, 11) is 0. The van der Waals surface area contributed by atoms with Gasteiger partial charge in [-0.2, -0.15) is 0 Å². The van der Waals surface area contributed by atoms with E-state index >= 15 is 0 Å². The minimum atomic E-state index is -0.528. The van der Waals surface area contributed by atoms with Crippen molar-refractivity contribution in [3.63, 3.8) is 0 Å². The van der Waals surface area contributed by atoms with E-state index in [4.69, 9.17) is 4.74 Å². The lowest BCUT2D eigenvalue weighted by Gasteiger charge is -2.40. The van der Waals surface area contributed by atoms with Crippen molar-refractivity contribution in [2.45, 2.75) is 32.7 Å². The van der Waals surface area contributed by atoms with Gasteiger partial charge in [0, 0.05) is 45.7 Å². The molecule has 3 fully saturated rings. The first-order valence-electron chi connectivity index (χ1n) is 10.1. The Morgan fingerprint density at radius 1 is 1.15 bits per heavy atom. The molecule has 3 rings (SSSR count). The highest BCUT2D eigenvalue weighted by Crippen LogP contribution is 2.19. The van der Waals surface area contributed by atoms with Gasteiger partial charge in [0.2, 0.25) is 17.7 Å². The third-order valence-corrected chi connectivity index (χ3v) is 5.52. The molecular weight excluding hydrogens is 348 g/mol. The van der Waals surface area contributed by atoms with Crippen molar-refractivity contribution in [3.8, 4) is 0 Å². The van der Waals surface area contributed by atoms with Gasteiger partial charge >= 0.3 is 0 Å². The topological polar surface area (TPSA) is 73.4 Å². The lowest BCUT2D eigenvalue weighted by molar-refractivity contribution is -0.156. The normalized spacial score (nSPS) is 25.0. The second kappa shape index (κ2) is 9.01. The number of hydrogen-bond donors (Lipinski definition) is 0. The van der Waals surface area contributed by atoms with Gasteiger partial charge in [-0.05, 0) is 12.3 Å². The molecule has 3 saturated heterocycles. The van der Waals surface area contributed by atoms with Crippen LogP contribution in [0.4, 0.5) is 0 Å². The quantitative estimate of drug-likeness (QED) is 0.651. The van der Waals surface area contributed by atoms with Gasteiger partial charge < -0.3 is 19.4 Å². The Labute approximate surface area is 161 Å². The highest BCUT2D eigenvalue weighted by atomic mass is 16.5. The summed E-state index contributed by atoms with van der Waals surface area (Å²) < 4.78 is 5.34. The maximum atomic E-state index is 12.9. The van der Waals surface area contributed by atoms with Crippen molar-refractivity contribution < 1.29 is 19.1 Å². The molecule has 3 amide bonds. The summed E-state index contributed by atoms with van der Waals surface area (Å²) in [6.45, 7) is 10.2. The molecule has 3 aliphatic heterocycles. The van der Waals surface area contributed by atoms with Gasteiger partial charge in [-0.15, -0.1) is 0 Å². The van der Waals surface area contributed by atoms with Crippen LogP contribution >= 0.6 is 0 Å². The molecule has 0 bridgehead atoms. The molecule has 3 heterocycles. The van der Waals surface area contributed by atoms with Crippen LogP contribution in [0.5, 0.6) is 0 Å². The van der Waals surface area contributed by atoms with Crippen LogP contribution in [0.3, 0.4) is 0 Å². The molecule has 0 radical (unpaired) electrons. The van der Waals surface area contributed by atoms with Crippen molar-refractivity contribution in [1.82, 2.24) is 19.6 Å². The van der Waals surface area contributed by atoms with Gasteiger partial charge in [0.1, 0.15) is 6.04 Å². The first kappa shape index (κ1) is 20.1. The Hall–Kier alpha value is -1.67. The zero-order valence-electron chi connectivity index (χ0n) is 16.6. The molecule has 0 N–H and O–H groups in total. The number of rotatable bonds is 5. The molecule has 0 aromatic rings. The molecule has 152 valence electrons. The van der Waals surface area contributed by atoms with Crippen LogP contribution < -0.4 is 0 Å². The van der Waals surface area contributed by atoms with Gasteiger partial charge in [-0.25, -0.2) is 0 Å². The van der Waals surface area contributed by atoms with Crippen LogP contribution in [-0.2, 0) is 19.1 Å². The van der Waals surface area contributed by atoms with Gasteiger partial charge in [0.25, 0.3) is 0 Å². The molecule has 8 nitrogen and oxygen atoms in total. The van der Waals surface area contributed by atoms with E-state index in [0.29, 0.717) is 38.5 Å². The molecule has 27 heavy (non-hydrogen) atoms. The number of hydrogen-bond acceptors (Lipinski definition) is 5. The molecule has 0 aromatic carbocycles. The van der Waals surface area contributed by atoms with Crippen LogP contribution in [-0.4, -0.2) is 109 Å². The number of carbonyl (C=O) groups is 3. The molecule has 0 saturated carbocycles. The van der Waals surface area contributed by atoms with Crippen LogP contribution in [0.1, 0.15) is 26.7 Å². The fourth-order valence-electron chi connectivity index (χ4n) is 4.10. The van der Waals surface area contributed by atoms with Crippen LogP contribution in [0, 0.1) is 5.92 Å². The second-order valence-corrected chi connectivity index (χ2v) is 8.11. The molecule has 0 aromatic heterocycles. The number of ether oxygens (including phenoxy) is 1. The van der Waals surface area contributed by atoms with E-state index in [1.807, 2.05) is 13.8 Å². The van der Waals surface area contributed by atoms with Gasteiger partial charge in [0.05, 0.1) is 26.3 Å². The third kappa shape index (κ3) is 4.99. The predicted octanol–water partition coefficient (Wildman–Crippen LogP) is -0.364. The maximum Gasteiger partial charge on any atom is 0.247 e. The summed E-state index contributed by atoms with van der Waals surface area (Å²) in [6.07, 6.45) is 1.17. The number of amides is 3. The van der Waals surface area contributed by atoms with Crippen molar-refractivity contribution in [2.24, 2.45) is 5.92 Å². The third-order valence-electron chi connectivity index (χ3n) is 5.52. The Balaban J connectivity index is 1.61. The number of nitrogens with zero attached hydrogens (tertiary/aromatic N) is 4. The van der Waals surface area contributed by atoms with E-state index in [-0.39, 0.29) is 24.3 Å². The Morgan fingerprint density at radius 3 is 2.59 bits per heavy atom. The zero-order valence-corrected chi connectivity index (χ0v) is 16.6.